The smallest absolute Gasteiger partial charge is 0.237 e. The molecule has 0 aliphatic heterocycles. The Morgan fingerprint density at radius 3 is 2.62 bits per heavy atom. The van der Waals surface area contributed by atoms with E-state index in [2.05, 4.69) is 31.1 Å². The minimum absolute atomic E-state index is 0.215. The molecule has 0 bridgehead atoms. The van der Waals surface area contributed by atoms with Crippen molar-refractivity contribution in [1.82, 2.24) is 10.2 Å². The molecule has 21 heavy (non-hydrogen) atoms. The summed E-state index contributed by atoms with van der Waals surface area (Å²) in [5.74, 6) is -0.215. The summed E-state index contributed by atoms with van der Waals surface area (Å²) >= 11 is 0. The zero-order valence-corrected chi connectivity index (χ0v) is 14.3. The van der Waals surface area contributed by atoms with Crippen LogP contribution in [0.4, 0.5) is 0 Å². The van der Waals surface area contributed by atoms with Crippen LogP contribution in [0.5, 0.6) is 0 Å². The molecule has 2 atom stereocenters. The topological polar surface area (TPSA) is 67.6 Å². The summed E-state index contributed by atoms with van der Waals surface area (Å²) < 4.78 is 5.62. The van der Waals surface area contributed by atoms with Crippen LogP contribution < -0.4 is 11.1 Å². The molecule has 1 rings (SSSR count). The van der Waals surface area contributed by atoms with Gasteiger partial charge in [0.25, 0.3) is 0 Å². The number of nitrogens with zero attached hydrogens (tertiary/aromatic N) is 1. The lowest BCUT2D eigenvalue weighted by molar-refractivity contribution is -0.127. The third-order valence-corrected chi connectivity index (χ3v) is 4.28. The molecule has 0 aromatic rings. The van der Waals surface area contributed by atoms with Crippen LogP contribution in [0.15, 0.2) is 0 Å². The number of nitrogens with one attached hydrogen (secondary N) is 1. The highest BCUT2D eigenvalue weighted by Gasteiger charge is 2.42. The van der Waals surface area contributed by atoms with Crippen molar-refractivity contribution in [2.75, 3.05) is 20.2 Å². The van der Waals surface area contributed by atoms with Crippen molar-refractivity contribution >= 4 is 5.91 Å². The third kappa shape index (κ3) is 5.57. The molecule has 0 aromatic carbocycles. The number of carbonyl (C=O) groups is 1. The quantitative estimate of drug-likeness (QED) is 0.713. The summed E-state index contributed by atoms with van der Waals surface area (Å²) in [6.45, 7) is 9.84. The van der Waals surface area contributed by atoms with Crippen molar-refractivity contribution in [2.24, 2.45) is 5.73 Å². The Kier molecular flexibility index (Phi) is 7.10. The van der Waals surface area contributed by atoms with Gasteiger partial charge in [-0.05, 0) is 60.4 Å². The highest BCUT2D eigenvalue weighted by Crippen LogP contribution is 2.31. The van der Waals surface area contributed by atoms with Crippen molar-refractivity contribution in [3.63, 3.8) is 0 Å². The molecule has 1 fully saturated rings. The van der Waals surface area contributed by atoms with Crippen molar-refractivity contribution in [1.29, 1.82) is 0 Å². The minimum Gasteiger partial charge on any atom is -0.377 e. The lowest BCUT2D eigenvalue weighted by atomic mass is 9.77. The number of ether oxygens (including phenoxy) is 1. The molecule has 1 amide bonds. The van der Waals surface area contributed by atoms with Crippen molar-refractivity contribution in [2.45, 2.75) is 77.1 Å². The van der Waals surface area contributed by atoms with Crippen molar-refractivity contribution in [3.05, 3.63) is 0 Å². The second kappa shape index (κ2) is 8.11. The molecule has 5 nitrogen and oxygen atoms in total. The lowest BCUT2D eigenvalue weighted by Crippen LogP contribution is -2.62. The van der Waals surface area contributed by atoms with E-state index in [4.69, 9.17) is 10.5 Å². The van der Waals surface area contributed by atoms with Crippen LogP contribution in [-0.2, 0) is 9.53 Å². The molecule has 3 N–H and O–H groups in total. The zero-order valence-electron chi connectivity index (χ0n) is 14.3. The normalized spacial score (nSPS) is 26.8. The summed E-state index contributed by atoms with van der Waals surface area (Å²) in [4.78, 5) is 14.3. The SMILES string of the molecule is CC(C)NC1(C(N)=O)CCCC(N(C)CCOC(C)C)C1. The Labute approximate surface area is 129 Å². The maximum absolute atomic E-state index is 12.0. The molecular formula is C16H33N3O2. The molecular weight excluding hydrogens is 266 g/mol. The molecule has 0 heterocycles. The van der Waals surface area contributed by atoms with Crippen LogP contribution >= 0.6 is 0 Å². The van der Waals surface area contributed by atoms with E-state index in [9.17, 15) is 4.79 Å². The van der Waals surface area contributed by atoms with E-state index in [-0.39, 0.29) is 18.1 Å². The molecule has 124 valence electrons. The third-order valence-electron chi connectivity index (χ3n) is 4.28. The van der Waals surface area contributed by atoms with Gasteiger partial charge in [0.15, 0.2) is 0 Å². The second-order valence-electron chi connectivity index (χ2n) is 6.90. The van der Waals surface area contributed by atoms with Gasteiger partial charge in [-0.2, -0.15) is 0 Å². The largest absolute Gasteiger partial charge is 0.377 e. The second-order valence-corrected chi connectivity index (χ2v) is 6.90. The fourth-order valence-corrected chi connectivity index (χ4v) is 3.22. The van der Waals surface area contributed by atoms with E-state index in [1.807, 2.05) is 13.8 Å². The standard InChI is InChI=1S/C16H33N3O2/c1-12(2)18-16(15(17)20)8-6-7-14(11-16)19(5)9-10-21-13(3)4/h12-14,18H,6-11H2,1-5H3,(H2,17,20). The highest BCUT2D eigenvalue weighted by atomic mass is 16.5. The average molecular weight is 299 g/mol. The van der Waals surface area contributed by atoms with E-state index in [0.29, 0.717) is 6.04 Å². The monoisotopic (exact) mass is 299 g/mol. The van der Waals surface area contributed by atoms with E-state index >= 15 is 0 Å². The van der Waals surface area contributed by atoms with Crippen LogP contribution in [0.2, 0.25) is 0 Å². The number of amides is 1. The van der Waals surface area contributed by atoms with Gasteiger partial charge in [-0.25, -0.2) is 0 Å². The first kappa shape index (κ1) is 18.4. The summed E-state index contributed by atoms with van der Waals surface area (Å²) in [6.07, 6.45) is 4.04. The lowest BCUT2D eigenvalue weighted by Gasteiger charge is -2.43. The van der Waals surface area contributed by atoms with Gasteiger partial charge in [-0.15, -0.1) is 0 Å². The minimum atomic E-state index is -0.551. The Hall–Kier alpha value is -0.650. The fraction of sp³-hybridized carbons (Fsp3) is 0.938. The van der Waals surface area contributed by atoms with Crippen molar-refractivity contribution in [3.8, 4) is 0 Å². The van der Waals surface area contributed by atoms with Gasteiger partial charge in [0.2, 0.25) is 5.91 Å². The van der Waals surface area contributed by atoms with Gasteiger partial charge in [0.05, 0.1) is 18.2 Å². The van der Waals surface area contributed by atoms with Crippen LogP contribution in [0.1, 0.15) is 53.4 Å². The van der Waals surface area contributed by atoms with Gasteiger partial charge in [-0.1, -0.05) is 0 Å². The first-order valence-electron chi connectivity index (χ1n) is 8.16. The average Bonchev–Trinajstić information content (AvgIpc) is 2.37. The van der Waals surface area contributed by atoms with E-state index < -0.39 is 5.54 Å². The van der Waals surface area contributed by atoms with E-state index in [0.717, 1.165) is 38.8 Å². The molecule has 0 radical (unpaired) electrons. The van der Waals surface area contributed by atoms with Gasteiger partial charge < -0.3 is 20.7 Å². The summed E-state index contributed by atoms with van der Waals surface area (Å²) in [7, 11) is 2.11. The predicted octanol–water partition coefficient (Wildman–Crippen LogP) is 1.51. The number of rotatable bonds is 8. The number of carbonyl (C=O) groups excluding carboxylic acids is 1. The Morgan fingerprint density at radius 1 is 1.43 bits per heavy atom. The first-order valence-corrected chi connectivity index (χ1v) is 8.16. The molecule has 5 heteroatoms. The van der Waals surface area contributed by atoms with Gasteiger partial charge >= 0.3 is 0 Å². The Bertz CT molecular complexity index is 333. The van der Waals surface area contributed by atoms with E-state index in [1.54, 1.807) is 0 Å². The van der Waals surface area contributed by atoms with Gasteiger partial charge in [0, 0.05) is 18.6 Å². The zero-order chi connectivity index (χ0) is 16.0. The molecule has 0 saturated heterocycles. The number of hydrogen-bond donors (Lipinski definition) is 2. The number of primary amides is 1. The summed E-state index contributed by atoms with van der Waals surface area (Å²) in [6, 6.07) is 0.638. The number of hydrogen-bond acceptors (Lipinski definition) is 4. The summed E-state index contributed by atoms with van der Waals surface area (Å²) in [5, 5.41) is 3.42. The molecule has 1 saturated carbocycles. The molecule has 0 aromatic heterocycles. The van der Waals surface area contributed by atoms with Crippen LogP contribution in [0.3, 0.4) is 0 Å². The molecule has 2 unspecified atom stereocenters. The highest BCUT2D eigenvalue weighted by molar-refractivity contribution is 5.85. The molecule has 1 aliphatic rings. The first-order chi connectivity index (χ1) is 9.77. The molecule has 0 spiro atoms. The Balaban J connectivity index is 2.62. The van der Waals surface area contributed by atoms with Crippen molar-refractivity contribution < 1.29 is 9.53 Å². The van der Waals surface area contributed by atoms with Crippen LogP contribution in [0.25, 0.3) is 0 Å². The van der Waals surface area contributed by atoms with Gasteiger partial charge in [0.1, 0.15) is 0 Å². The predicted molar refractivity (Wildman–Crippen MR) is 86.2 cm³/mol. The fourth-order valence-electron chi connectivity index (χ4n) is 3.22. The van der Waals surface area contributed by atoms with Crippen LogP contribution in [0, 0.1) is 0 Å². The van der Waals surface area contributed by atoms with Gasteiger partial charge in [-0.3, -0.25) is 4.79 Å². The van der Waals surface area contributed by atoms with Crippen LogP contribution in [-0.4, -0.2) is 54.7 Å². The molecule has 1 aliphatic carbocycles. The maximum atomic E-state index is 12.0. The van der Waals surface area contributed by atoms with E-state index in [1.165, 1.54) is 0 Å². The number of nitrogens with two attached hydrogens (primary N) is 1. The maximum Gasteiger partial charge on any atom is 0.237 e. The Morgan fingerprint density at radius 2 is 2.10 bits per heavy atom. The number of likely N-dealkylation sites (N-methyl/N-ethyl adjacent to an activating group) is 1. The summed E-state index contributed by atoms with van der Waals surface area (Å²) in [5.41, 5.74) is 5.16.